The van der Waals surface area contributed by atoms with Crippen molar-refractivity contribution in [1.29, 1.82) is 0 Å². The molecule has 0 aliphatic rings. The highest BCUT2D eigenvalue weighted by Gasteiger charge is 2.20. The molecule has 0 bridgehead atoms. The zero-order valence-electron chi connectivity index (χ0n) is 22.2. The first-order valence-electron chi connectivity index (χ1n) is 12.5. The van der Waals surface area contributed by atoms with Gasteiger partial charge in [0.2, 0.25) is 5.95 Å². The van der Waals surface area contributed by atoms with Crippen LogP contribution in [0.3, 0.4) is 0 Å². The zero-order valence-corrected chi connectivity index (χ0v) is 22.9. The van der Waals surface area contributed by atoms with Crippen molar-refractivity contribution in [3.05, 3.63) is 114 Å². The normalized spacial score (nSPS) is 11.8. The quantitative estimate of drug-likeness (QED) is 0.232. The van der Waals surface area contributed by atoms with Gasteiger partial charge in [0.05, 0.1) is 41.5 Å². The number of fused-ring (bicyclic) bond motifs is 1. The van der Waals surface area contributed by atoms with Gasteiger partial charge >= 0.3 is 11.4 Å². The zero-order chi connectivity index (χ0) is 30.3. The van der Waals surface area contributed by atoms with Crippen LogP contribution in [0.1, 0.15) is 25.0 Å². The number of hydrogen-bond donors (Lipinski definition) is 3. The highest BCUT2D eigenvalue weighted by molar-refractivity contribution is 6.34. The largest absolute Gasteiger partial charge is 0.389 e. The number of aliphatic hydroxyl groups is 1. The van der Waals surface area contributed by atoms with Crippen LogP contribution in [-0.4, -0.2) is 39.6 Å². The van der Waals surface area contributed by atoms with E-state index < -0.39 is 53.1 Å². The van der Waals surface area contributed by atoms with Crippen LogP contribution in [0, 0.1) is 17.5 Å². The predicted molar refractivity (Wildman–Crippen MR) is 149 cm³/mol. The van der Waals surface area contributed by atoms with Crippen molar-refractivity contribution in [3.63, 3.8) is 0 Å². The van der Waals surface area contributed by atoms with Gasteiger partial charge in [-0.25, -0.2) is 27.3 Å². The minimum atomic E-state index is -1.68. The van der Waals surface area contributed by atoms with Crippen LogP contribution >= 0.6 is 11.6 Å². The van der Waals surface area contributed by atoms with E-state index in [4.69, 9.17) is 11.6 Å². The number of aromatic nitrogens is 6. The third kappa shape index (κ3) is 5.99. The summed E-state index contributed by atoms with van der Waals surface area (Å²) in [6.45, 7) is 2.46. The Kier molecular flexibility index (Phi) is 7.51. The second-order valence-corrected chi connectivity index (χ2v) is 10.6. The van der Waals surface area contributed by atoms with Crippen molar-refractivity contribution in [2.24, 2.45) is 0 Å². The molecule has 0 radical (unpaired) electrons. The van der Waals surface area contributed by atoms with E-state index in [1.54, 1.807) is 26.1 Å². The molecule has 0 aliphatic carbocycles. The maximum atomic E-state index is 14.0. The van der Waals surface area contributed by atoms with Crippen LogP contribution in [0.4, 0.5) is 24.8 Å². The summed E-state index contributed by atoms with van der Waals surface area (Å²) in [7, 11) is 0. The van der Waals surface area contributed by atoms with E-state index in [-0.39, 0.29) is 34.3 Å². The topological polar surface area (TPSA) is 140 Å². The molecule has 15 heteroatoms. The highest BCUT2D eigenvalue weighted by atomic mass is 35.5. The first-order chi connectivity index (χ1) is 19.8. The minimum absolute atomic E-state index is 0.0844. The third-order valence-electron chi connectivity index (χ3n) is 6.20. The molecule has 0 unspecified atom stereocenters. The van der Waals surface area contributed by atoms with E-state index >= 15 is 0 Å². The lowest BCUT2D eigenvalue weighted by Gasteiger charge is -2.16. The predicted octanol–water partition coefficient (Wildman–Crippen LogP) is 3.12. The number of halogens is 4. The lowest BCUT2D eigenvalue weighted by Crippen LogP contribution is -2.43. The summed E-state index contributed by atoms with van der Waals surface area (Å²) in [5, 5.41) is 18.1. The fraction of sp³-hybridized carbons (Fsp3) is 0.222. The number of nitrogens with one attached hydrogen (secondary N) is 2. The average molecular weight is 602 g/mol. The number of hydrogen-bond acceptors (Lipinski definition) is 7. The van der Waals surface area contributed by atoms with Crippen molar-refractivity contribution in [3.8, 4) is 0 Å². The molecule has 0 atom stereocenters. The lowest BCUT2D eigenvalue weighted by atomic mass is 10.1. The molecule has 0 saturated carbocycles. The Balaban J connectivity index is 1.61. The van der Waals surface area contributed by atoms with E-state index in [0.29, 0.717) is 27.6 Å². The molecule has 218 valence electrons. The molecule has 0 spiro atoms. The van der Waals surface area contributed by atoms with Crippen LogP contribution in [-0.2, 0) is 19.6 Å². The Morgan fingerprint density at radius 2 is 1.76 bits per heavy atom. The highest BCUT2D eigenvalue weighted by Crippen LogP contribution is 2.30. The monoisotopic (exact) mass is 601 g/mol. The summed E-state index contributed by atoms with van der Waals surface area (Å²) >= 11 is 6.46. The first-order valence-corrected chi connectivity index (χ1v) is 12.8. The second kappa shape index (κ2) is 10.9. The standard InChI is InChI=1S/C27H23ClF3N7O4/c1-27(2,42)13-36-11-16-8-21(17(28)9-20(16)35-36)33-24-34-25(40)38(12-15-4-3-5-32-23(15)39)26(41)37(24)10-14-6-18(29)22(31)19(30)7-14/h3-9,11,42H,10,12-13H2,1-2H3,(H,32,39)(H,33,34,40). The maximum absolute atomic E-state index is 14.0. The van der Waals surface area contributed by atoms with Crippen LogP contribution in [0.25, 0.3) is 10.9 Å². The Bertz CT molecular complexity index is 1990. The van der Waals surface area contributed by atoms with Crippen LogP contribution < -0.4 is 22.3 Å². The van der Waals surface area contributed by atoms with Crippen LogP contribution in [0.15, 0.2) is 63.2 Å². The van der Waals surface area contributed by atoms with E-state index in [1.807, 2.05) is 0 Å². The molecule has 0 saturated heterocycles. The number of anilines is 2. The average Bonchev–Trinajstić information content (AvgIpc) is 3.27. The minimum Gasteiger partial charge on any atom is -0.389 e. The number of aromatic amines is 1. The summed E-state index contributed by atoms with van der Waals surface area (Å²) in [5.74, 6) is -4.96. The molecule has 5 aromatic rings. The summed E-state index contributed by atoms with van der Waals surface area (Å²) in [4.78, 5) is 45.2. The summed E-state index contributed by atoms with van der Waals surface area (Å²) in [5.41, 5.74) is -2.92. The van der Waals surface area contributed by atoms with Crippen molar-refractivity contribution < 1.29 is 18.3 Å². The van der Waals surface area contributed by atoms with Gasteiger partial charge < -0.3 is 15.4 Å². The Morgan fingerprint density at radius 1 is 1.05 bits per heavy atom. The van der Waals surface area contributed by atoms with E-state index in [0.717, 1.165) is 4.57 Å². The molecule has 42 heavy (non-hydrogen) atoms. The van der Waals surface area contributed by atoms with Gasteiger partial charge in [-0.2, -0.15) is 10.1 Å². The van der Waals surface area contributed by atoms with E-state index in [9.17, 15) is 32.7 Å². The van der Waals surface area contributed by atoms with Crippen LogP contribution in [0.5, 0.6) is 0 Å². The van der Waals surface area contributed by atoms with Gasteiger partial charge in [0.1, 0.15) is 0 Å². The number of H-pyrrole nitrogens is 1. The molecule has 5 rings (SSSR count). The Hall–Kier alpha value is -4.69. The molecule has 0 fully saturated rings. The fourth-order valence-corrected chi connectivity index (χ4v) is 4.53. The number of benzene rings is 2. The molecular weight excluding hydrogens is 579 g/mol. The molecule has 0 amide bonds. The molecule has 0 aliphatic heterocycles. The molecule has 3 N–H and O–H groups in total. The van der Waals surface area contributed by atoms with Crippen LogP contribution in [0.2, 0.25) is 5.02 Å². The van der Waals surface area contributed by atoms with Gasteiger partial charge in [-0.3, -0.25) is 14.0 Å². The SMILES string of the molecule is CC(C)(O)Cn1cc2cc(Nc3nc(=O)n(Cc4ccc[nH]c4=O)c(=O)n3Cc3cc(F)c(F)c(F)c3)c(Cl)cc2n1. The van der Waals surface area contributed by atoms with Crippen molar-refractivity contribution >= 4 is 34.1 Å². The third-order valence-corrected chi connectivity index (χ3v) is 6.51. The molecule has 3 heterocycles. The second-order valence-electron chi connectivity index (χ2n) is 10.2. The number of rotatable bonds is 8. The van der Waals surface area contributed by atoms with E-state index in [2.05, 4.69) is 20.4 Å². The summed E-state index contributed by atoms with van der Waals surface area (Å²) in [6.07, 6.45) is 3.04. The van der Waals surface area contributed by atoms with Gasteiger partial charge in [-0.15, -0.1) is 0 Å². The number of pyridine rings is 1. The molecular formula is C27H23ClF3N7O4. The van der Waals surface area contributed by atoms with Crippen molar-refractivity contribution in [1.82, 2.24) is 28.9 Å². The summed E-state index contributed by atoms with van der Waals surface area (Å²) in [6, 6.07) is 7.45. The van der Waals surface area contributed by atoms with Gasteiger partial charge in [0, 0.05) is 23.3 Å². The van der Waals surface area contributed by atoms with Gasteiger partial charge in [-0.1, -0.05) is 17.7 Å². The number of nitrogens with zero attached hydrogens (tertiary/aromatic N) is 5. The Labute approximate surface area is 239 Å². The maximum Gasteiger partial charge on any atom is 0.355 e. The first kappa shape index (κ1) is 28.8. The smallest absolute Gasteiger partial charge is 0.355 e. The van der Waals surface area contributed by atoms with E-state index in [1.165, 1.54) is 29.1 Å². The Morgan fingerprint density at radius 3 is 2.43 bits per heavy atom. The van der Waals surface area contributed by atoms with Crippen molar-refractivity contribution in [2.45, 2.75) is 39.1 Å². The van der Waals surface area contributed by atoms with Gasteiger partial charge in [0.25, 0.3) is 5.56 Å². The van der Waals surface area contributed by atoms with Gasteiger partial charge in [-0.05, 0) is 49.7 Å². The fourth-order valence-electron chi connectivity index (χ4n) is 4.33. The summed E-state index contributed by atoms with van der Waals surface area (Å²) < 4.78 is 44.7. The molecule has 3 aromatic heterocycles. The lowest BCUT2D eigenvalue weighted by molar-refractivity contribution is 0.0580. The van der Waals surface area contributed by atoms with Crippen molar-refractivity contribution in [2.75, 3.05) is 5.32 Å². The molecule has 11 nitrogen and oxygen atoms in total. The van der Waals surface area contributed by atoms with Gasteiger partial charge in [0.15, 0.2) is 17.5 Å². The molecule has 2 aromatic carbocycles.